The highest BCUT2D eigenvalue weighted by atomic mass is 15.1. The predicted octanol–water partition coefficient (Wildman–Crippen LogP) is 1.90. The minimum Gasteiger partial charge on any atom is -0.397 e. The molecule has 3 heteroatoms. The normalized spacial score (nSPS) is 12.5. The summed E-state index contributed by atoms with van der Waals surface area (Å²) in [7, 11) is 2.06. The van der Waals surface area contributed by atoms with Gasteiger partial charge in [0.1, 0.15) is 0 Å². The number of aromatic nitrogens is 1. The summed E-state index contributed by atoms with van der Waals surface area (Å²) in [5.74, 6) is 0. The van der Waals surface area contributed by atoms with Crippen molar-refractivity contribution in [3.8, 4) is 0 Å². The molecule has 0 amide bonds. The van der Waals surface area contributed by atoms with E-state index < -0.39 is 0 Å². The average Bonchev–Trinajstić information content (AvgIpc) is 2.15. The summed E-state index contributed by atoms with van der Waals surface area (Å²) in [6.07, 6.45) is 4.61. The first kappa shape index (κ1) is 9.84. The summed E-state index contributed by atoms with van der Waals surface area (Å²) in [5, 5.41) is 0. The zero-order valence-corrected chi connectivity index (χ0v) is 8.49. The van der Waals surface area contributed by atoms with Crippen LogP contribution in [0.25, 0.3) is 0 Å². The zero-order valence-electron chi connectivity index (χ0n) is 8.49. The molecule has 1 unspecified atom stereocenters. The van der Waals surface area contributed by atoms with E-state index in [4.69, 9.17) is 5.73 Å². The van der Waals surface area contributed by atoms with Gasteiger partial charge >= 0.3 is 0 Å². The molecule has 2 N–H and O–H groups in total. The zero-order chi connectivity index (χ0) is 9.84. The number of nitrogens with two attached hydrogens (primary N) is 1. The smallest absolute Gasteiger partial charge is 0.0573 e. The number of hydrogen-bond acceptors (Lipinski definition) is 3. The van der Waals surface area contributed by atoms with Crippen molar-refractivity contribution in [3.05, 3.63) is 18.5 Å². The lowest BCUT2D eigenvalue weighted by molar-refractivity contribution is 0.663. The van der Waals surface area contributed by atoms with Crippen molar-refractivity contribution in [1.29, 1.82) is 0 Å². The molecule has 0 aromatic carbocycles. The minimum absolute atomic E-state index is 0.517. The predicted molar refractivity (Wildman–Crippen MR) is 56.8 cm³/mol. The molecule has 0 aliphatic carbocycles. The van der Waals surface area contributed by atoms with Gasteiger partial charge in [-0.2, -0.15) is 0 Å². The van der Waals surface area contributed by atoms with Gasteiger partial charge in [0.25, 0.3) is 0 Å². The summed E-state index contributed by atoms with van der Waals surface area (Å²) >= 11 is 0. The Morgan fingerprint density at radius 3 is 2.77 bits per heavy atom. The molecule has 72 valence electrons. The van der Waals surface area contributed by atoms with E-state index in [0.717, 1.165) is 12.1 Å². The number of rotatable bonds is 3. The molecule has 1 rings (SSSR count). The Morgan fingerprint density at radius 1 is 1.54 bits per heavy atom. The molecule has 1 aromatic heterocycles. The molecule has 1 aromatic rings. The molecule has 3 nitrogen and oxygen atoms in total. The van der Waals surface area contributed by atoms with E-state index in [1.807, 2.05) is 12.3 Å². The maximum atomic E-state index is 5.65. The summed E-state index contributed by atoms with van der Waals surface area (Å²) in [6.45, 7) is 4.35. The van der Waals surface area contributed by atoms with Crippen LogP contribution in [0.3, 0.4) is 0 Å². The first-order valence-electron chi connectivity index (χ1n) is 4.58. The van der Waals surface area contributed by atoms with Crippen LogP contribution in [0.1, 0.15) is 20.3 Å². The fraction of sp³-hybridized carbons (Fsp3) is 0.500. The molecule has 1 atom stereocenters. The van der Waals surface area contributed by atoms with Crippen molar-refractivity contribution in [1.82, 2.24) is 4.98 Å². The van der Waals surface area contributed by atoms with Gasteiger partial charge in [-0.25, -0.2) is 0 Å². The van der Waals surface area contributed by atoms with Gasteiger partial charge in [-0.3, -0.25) is 4.98 Å². The molecule has 0 saturated carbocycles. The third-order valence-electron chi connectivity index (χ3n) is 2.40. The van der Waals surface area contributed by atoms with Crippen molar-refractivity contribution >= 4 is 11.4 Å². The van der Waals surface area contributed by atoms with Gasteiger partial charge in [-0.15, -0.1) is 0 Å². The van der Waals surface area contributed by atoms with E-state index in [1.165, 1.54) is 0 Å². The SMILES string of the molecule is CCC(C)N(C)c1cncc(N)c1. The highest BCUT2D eigenvalue weighted by Crippen LogP contribution is 2.17. The molecular formula is C10H17N3. The first-order valence-corrected chi connectivity index (χ1v) is 4.58. The van der Waals surface area contributed by atoms with Gasteiger partial charge in [-0.1, -0.05) is 6.92 Å². The molecule has 0 radical (unpaired) electrons. The number of hydrogen-bond donors (Lipinski definition) is 1. The van der Waals surface area contributed by atoms with Crippen molar-refractivity contribution < 1.29 is 0 Å². The number of anilines is 2. The maximum Gasteiger partial charge on any atom is 0.0573 e. The van der Waals surface area contributed by atoms with E-state index in [1.54, 1.807) is 6.20 Å². The number of nitrogen functional groups attached to an aromatic ring is 1. The van der Waals surface area contributed by atoms with Crippen LogP contribution in [0.5, 0.6) is 0 Å². The Labute approximate surface area is 79.6 Å². The molecular weight excluding hydrogens is 162 g/mol. The Morgan fingerprint density at radius 2 is 2.23 bits per heavy atom. The second kappa shape index (κ2) is 4.12. The topological polar surface area (TPSA) is 42.2 Å². The van der Waals surface area contributed by atoms with Crippen molar-refractivity contribution in [3.63, 3.8) is 0 Å². The summed E-state index contributed by atoms with van der Waals surface area (Å²) in [4.78, 5) is 6.24. The number of nitrogens with zero attached hydrogens (tertiary/aromatic N) is 2. The lowest BCUT2D eigenvalue weighted by Gasteiger charge is -2.25. The second-order valence-corrected chi connectivity index (χ2v) is 3.34. The lowest BCUT2D eigenvalue weighted by Crippen LogP contribution is -2.28. The third kappa shape index (κ3) is 2.34. The Balaban J connectivity index is 2.82. The van der Waals surface area contributed by atoms with Crippen LogP contribution in [0.2, 0.25) is 0 Å². The van der Waals surface area contributed by atoms with Gasteiger partial charge in [0.15, 0.2) is 0 Å². The van der Waals surface area contributed by atoms with Crippen LogP contribution in [-0.4, -0.2) is 18.1 Å². The summed E-state index contributed by atoms with van der Waals surface area (Å²) in [5.41, 5.74) is 7.44. The van der Waals surface area contributed by atoms with Crippen molar-refractivity contribution in [2.24, 2.45) is 0 Å². The maximum absolute atomic E-state index is 5.65. The summed E-state index contributed by atoms with van der Waals surface area (Å²) < 4.78 is 0. The van der Waals surface area contributed by atoms with Crippen LogP contribution < -0.4 is 10.6 Å². The van der Waals surface area contributed by atoms with Crippen LogP contribution in [0.4, 0.5) is 11.4 Å². The molecule has 0 aliphatic heterocycles. The summed E-state index contributed by atoms with van der Waals surface area (Å²) in [6, 6.07) is 2.46. The van der Waals surface area contributed by atoms with Crippen molar-refractivity contribution in [2.45, 2.75) is 26.3 Å². The molecule has 0 fully saturated rings. The molecule has 0 bridgehead atoms. The van der Waals surface area contributed by atoms with E-state index in [2.05, 4.69) is 30.8 Å². The molecule has 0 aliphatic rings. The highest BCUT2D eigenvalue weighted by molar-refractivity contribution is 5.53. The monoisotopic (exact) mass is 179 g/mol. The minimum atomic E-state index is 0.517. The molecule has 13 heavy (non-hydrogen) atoms. The second-order valence-electron chi connectivity index (χ2n) is 3.34. The molecule has 0 saturated heterocycles. The molecule has 1 heterocycles. The van der Waals surface area contributed by atoms with Gasteiger partial charge in [0, 0.05) is 19.3 Å². The standard InChI is InChI=1S/C10H17N3/c1-4-8(2)13(3)10-5-9(11)6-12-7-10/h5-8H,4,11H2,1-3H3. The van der Waals surface area contributed by atoms with Gasteiger partial charge < -0.3 is 10.6 Å². The Hall–Kier alpha value is -1.25. The quantitative estimate of drug-likeness (QED) is 0.770. The van der Waals surface area contributed by atoms with Crippen LogP contribution in [-0.2, 0) is 0 Å². The Bertz CT molecular complexity index is 273. The van der Waals surface area contributed by atoms with Gasteiger partial charge in [-0.05, 0) is 19.4 Å². The fourth-order valence-corrected chi connectivity index (χ4v) is 1.17. The first-order chi connectivity index (χ1) is 6.15. The fourth-order valence-electron chi connectivity index (χ4n) is 1.17. The van der Waals surface area contributed by atoms with Gasteiger partial charge in [0.2, 0.25) is 0 Å². The Kier molecular flexibility index (Phi) is 3.12. The van der Waals surface area contributed by atoms with Crippen LogP contribution in [0.15, 0.2) is 18.5 Å². The van der Waals surface area contributed by atoms with E-state index in [-0.39, 0.29) is 0 Å². The average molecular weight is 179 g/mol. The number of pyridine rings is 1. The third-order valence-corrected chi connectivity index (χ3v) is 2.40. The van der Waals surface area contributed by atoms with Crippen molar-refractivity contribution in [2.75, 3.05) is 17.7 Å². The van der Waals surface area contributed by atoms with E-state index in [9.17, 15) is 0 Å². The molecule has 0 spiro atoms. The van der Waals surface area contributed by atoms with E-state index in [0.29, 0.717) is 11.7 Å². The van der Waals surface area contributed by atoms with Crippen LogP contribution >= 0.6 is 0 Å². The van der Waals surface area contributed by atoms with E-state index >= 15 is 0 Å². The van der Waals surface area contributed by atoms with Crippen LogP contribution in [0, 0.1) is 0 Å². The lowest BCUT2D eigenvalue weighted by atomic mass is 10.2. The van der Waals surface area contributed by atoms with Gasteiger partial charge in [0.05, 0.1) is 17.6 Å². The largest absolute Gasteiger partial charge is 0.397 e. The highest BCUT2D eigenvalue weighted by Gasteiger charge is 2.07.